The third-order valence-electron chi connectivity index (χ3n) is 4.20. The Morgan fingerprint density at radius 2 is 1.73 bits per heavy atom. The van der Waals surface area contributed by atoms with Crippen molar-refractivity contribution in [1.29, 1.82) is 0 Å². The predicted molar refractivity (Wildman–Crippen MR) is 95.0 cm³/mol. The molecule has 2 aromatic rings. The van der Waals surface area contributed by atoms with Crippen LogP contribution in [-0.2, 0) is 5.41 Å². The molecule has 0 amide bonds. The van der Waals surface area contributed by atoms with E-state index in [0.717, 1.165) is 23.7 Å². The van der Waals surface area contributed by atoms with Gasteiger partial charge in [0.15, 0.2) is 0 Å². The molecule has 3 heteroatoms. The summed E-state index contributed by atoms with van der Waals surface area (Å²) in [7, 11) is 0. The van der Waals surface area contributed by atoms with Gasteiger partial charge in [-0.3, -0.25) is 0 Å². The molecule has 2 aromatic heterocycles. The summed E-state index contributed by atoms with van der Waals surface area (Å²) in [6.07, 6.45) is 2.71. The highest BCUT2D eigenvalue weighted by molar-refractivity contribution is 7.80. The maximum atomic E-state index is 6.03. The summed E-state index contributed by atoms with van der Waals surface area (Å²) in [6.45, 7) is 13.0. The summed E-state index contributed by atoms with van der Waals surface area (Å²) in [5.74, 6) is 3.89. The van der Waals surface area contributed by atoms with Crippen LogP contribution in [0, 0.1) is 0 Å². The summed E-state index contributed by atoms with van der Waals surface area (Å²) in [4.78, 5) is 0. The summed E-state index contributed by atoms with van der Waals surface area (Å²) in [5.41, 5.74) is 1.15. The van der Waals surface area contributed by atoms with Crippen LogP contribution in [0.5, 0.6) is 0 Å². The molecular formula is C19H28O2S. The minimum atomic E-state index is -0.0790. The molecule has 0 spiro atoms. The second-order valence-electron chi connectivity index (χ2n) is 7.40. The number of thiol groups is 1. The molecule has 0 aliphatic carbocycles. The van der Waals surface area contributed by atoms with Gasteiger partial charge < -0.3 is 8.83 Å². The van der Waals surface area contributed by atoms with E-state index in [1.807, 2.05) is 6.26 Å². The van der Waals surface area contributed by atoms with Crippen molar-refractivity contribution in [3.63, 3.8) is 0 Å². The van der Waals surface area contributed by atoms with E-state index in [9.17, 15) is 0 Å². The van der Waals surface area contributed by atoms with Gasteiger partial charge in [-0.2, -0.15) is 12.6 Å². The van der Waals surface area contributed by atoms with Crippen molar-refractivity contribution in [3.05, 3.63) is 47.3 Å². The summed E-state index contributed by atoms with van der Waals surface area (Å²) in [6, 6.07) is 6.30. The Morgan fingerprint density at radius 3 is 2.23 bits per heavy atom. The zero-order valence-corrected chi connectivity index (χ0v) is 15.4. The number of rotatable bonds is 6. The second-order valence-corrected chi connectivity index (χ2v) is 8.02. The Hall–Kier alpha value is -1.09. The van der Waals surface area contributed by atoms with Crippen LogP contribution in [0.2, 0.25) is 0 Å². The van der Waals surface area contributed by atoms with E-state index in [1.165, 1.54) is 5.56 Å². The maximum absolute atomic E-state index is 6.03. The first kappa shape index (κ1) is 17.3. The van der Waals surface area contributed by atoms with E-state index in [0.29, 0.717) is 11.8 Å². The van der Waals surface area contributed by atoms with Crippen molar-refractivity contribution in [3.8, 4) is 0 Å². The molecule has 0 aliphatic heterocycles. The Kier molecular flexibility index (Phi) is 5.16. The molecule has 22 heavy (non-hydrogen) atoms. The van der Waals surface area contributed by atoms with E-state index in [4.69, 9.17) is 21.5 Å². The molecule has 2 rings (SSSR count). The van der Waals surface area contributed by atoms with Gasteiger partial charge in [0.1, 0.15) is 17.3 Å². The zero-order valence-electron chi connectivity index (χ0n) is 14.5. The first-order valence-corrected chi connectivity index (χ1v) is 8.59. The molecule has 0 saturated carbocycles. The largest absolute Gasteiger partial charge is 0.468 e. The fraction of sp³-hybridized carbons (Fsp3) is 0.579. The molecule has 1 atom stereocenters. The molecule has 122 valence electrons. The fourth-order valence-electron chi connectivity index (χ4n) is 2.56. The highest BCUT2D eigenvalue weighted by atomic mass is 32.1. The zero-order chi connectivity index (χ0) is 16.5. The van der Waals surface area contributed by atoms with Gasteiger partial charge in [0, 0.05) is 11.3 Å². The SMILES string of the molecule is CC(C)c1coc(C(S)CC(C)(C)c2ccc(C(C)C)o2)c1. The quantitative estimate of drug-likeness (QED) is 0.618. The predicted octanol–water partition coefficient (Wildman–Crippen LogP) is 6.46. The standard InChI is InChI=1S/C19H28O2S/c1-12(2)14-9-16(20-11-14)17(22)10-19(5,6)18-8-7-15(21-18)13(3)4/h7-9,11-13,17,22H,10H2,1-6H3. The first-order chi connectivity index (χ1) is 10.2. The van der Waals surface area contributed by atoms with Crippen molar-refractivity contribution < 1.29 is 8.83 Å². The topological polar surface area (TPSA) is 26.3 Å². The summed E-state index contributed by atoms with van der Waals surface area (Å²) < 4.78 is 11.7. The summed E-state index contributed by atoms with van der Waals surface area (Å²) in [5, 5.41) is 0.0649. The minimum absolute atomic E-state index is 0.0649. The van der Waals surface area contributed by atoms with Crippen LogP contribution in [0.1, 0.15) is 87.9 Å². The van der Waals surface area contributed by atoms with Gasteiger partial charge in [0.2, 0.25) is 0 Å². The van der Waals surface area contributed by atoms with E-state index < -0.39 is 0 Å². The van der Waals surface area contributed by atoms with Gasteiger partial charge >= 0.3 is 0 Å². The van der Waals surface area contributed by atoms with Crippen LogP contribution < -0.4 is 0 Å². The Bertz CT molecular complexity index is 604. The summed E-state index contributed by atoms with van der Waals surface area (Å²) >= 11 is 4.76. The smallest absolute Gasteiger partial charge is 0.116 e. The van der Waals surface area contributed by atoms with E-state index >= 15 is 0 Å². The third kappa shape index (κ3) is 3.81. The lowest BCUT2D eigenvalue weighted by molar-refractivity contribution is 0.334. The van der Waals surface area contributed by atoms with Gasteiger partial charge in [-0.1, -0.05) is 41.5 Å². The molecule has 1 unspecified atom stereocenters. The highest BCUT2D eigenvalue weighted by Gasteiger charge is 2.29. The van der Waals surface area contributed by atoms with E-state index in [1.54, 1.807) is 0 Å². The van der Waals surface area contributed by atoms with Crippen molar-refractivity contribution in [2.24, 2.45) is 0 Å². The molecule has 0 fully saturated rings. The molecule has 0 saturated heterocycles. The van der Waals surface area contributed by atoms with Gasteiger partial charge in [-0.25, -0.2) is 0 Å². The molecule has 2 heterocycles. The van der Waals surface area contributed by atoms with Crippen molar-refractivity contribution in [1.82, 2.24) is 0 Å². The van der Waals surface area contributed by atoms with Crippen LogP contribution in [0.3, 0.4) is 0 Å². The molecule has 0 aromatic carbocycles. The van der Waals surface area contributed by atoms with E-state index in [2.05, 4.69) is 59.7 Å². The van der Waals surface area contributed by atoms with Gasteiger partial charge in [-0.05, 0) is 36.1 Å². The molecule has 0 radical (unpaired) electrons. The Balaban J connectivity index is 2.12. The van der Waals surface area contributed by atoms with Gasteiger partial charge in [0.25, 0.3) is 0 Å². The van der Waals surface area contributed by atoms with Crippen LogP contribution in [0.4, 0.5) is 0 Å². The number of furan rings is 2. The Morgan fingerprint density at radius 1 is 1.05 bits per heavy atom. The van der Waals surface area contributed by atoms with Crippen LogP contribution in [-0.4, -0.2) is 0 Å². The number of hydrogen-bond acceptors (Lipinski definition) is 3. The maximum Gasteiger partial charge on any atom is 0.116 e. The fourth-order valence-corrected chi connectivity index (χ4v) is 3.15. The lowest BCUT2D eigenvalue weighted by atomic mass is 9.84. The molecule has 0 bridgehead atoms. The minimum Gasteiger partial charge on any atom is -0.468 e. The second kappa shape index (κ2) is 6.57. The highest BCUT2D eigenvalue weighted by Crippen LogP contribution is 2.39. The normalized spacial score (nSPS) is 14.0. The average Bonchev–Trinajstić information content (AvgIpc) is 3.08. The number of hydrogen-bond donors (Lipinski definition) is 1. The van der Waals surface area contributed by atoms with Gasteiger partial charge in [0.05, 0.1) is 11.5 Å². The van der Waals surface area contributed by atoms with Crippen molar-refractivity contribution >= 4 is 12.6 Å². The van der Waals surface area contributed by atoms with Crippen LogP contribution in [0.25, 0.3) is 0 Å². The lowest BCUT2D eigenvalue weighted by Gasteiger charge is -2.24. The molecule has 0 N–H and O–H groups in total. The third-order valence-corrected chi connectivity index (χ3v) is 4.64. The molecular weight excluding hydrogens is 292 g/mol. The Labute approximate surface area is 139 Å². The molecule has 2 nitrogen and oxygen atoms in total. The van der Waals surface area contributed by atoms with Crippen LogP contribution in [0.15, 0.2) is 33.3 Å². The average molecular weight is 320 g/mol. The van der Waals surface area contributed by atoms with E-state index in [-0.39, 0.29) is 10.7 Å². The first-order valence-electron chi connectivity index (χ1n) is 8.07. The van der Waals surface area contributed by atoms with Gasteiger partial charge in [-0.15, -0.1) is 0 Å². The monoisotopic (exact) mass is 320 g/mol. The lowest BCUT2D eigenvalue weighted by Crippen LogP contribution is -2.18. The molecule has 0 aliphatic rings. The van der Waals surface area contributed by atoms with Crippen molar-refractivity contribution in [2.45, 2.75) is 70.5 Å². The van der Waals surface area contributed by atoms with Crippen LogP contribution >= 0.6 is 12.6 Å². The van der Waals surface area contributed by atoms with Crippen molar-refractivity contribution in [2.75, 3.05) is 0 Å².